The van der Waals surface area contributed by atoms with Gasteiger partial charge in [-0.15, -0.1) is 0 Å². The Morgan fingerprint density at radius 3 is 2.47 bits per heavy atom. The molecule has 0 amide bonds. The molecule has 5 nitrogen and oxygen atoms in total. The maximum atomic E-state index is 5.68. The van der Waals surface area contributed by atoms with Crippen molar-refractivity contribution in [2.45, 2.75) is 37.8 Å². The number of rotatable bonds is 7. The summed E-state index contributed by atoms with van der Waals surface area (Å²) in [6, 6.07) is 0. The van der Waals surface area contributed by atoms with E-state index >= 15 is 0 Å². The van der Waals surface area contributed by atoms with Crippen LogP contribution >= 0.6 is 0 Å². The first-order chi connectivity index (χ1) is 9.30. The lowest BCUT2D eigenvalue weighted by Gasteiger charge is -2.25. The molecule has 1 saturated carbocycles. The minimum Gasteiger partial charge on any atom is -0.383 e. The molecule has 19 heavy (non-hydrogen) atoms. The van der Waals surface area contributed by atoms with Gasteiger partial charge in [0.05, 0.1) is 6.61 Å². The fourth-order valence-electron chi connectivity index (χ4n) is 2.55. The minimum absolute atomic E-state index is 0.248. The molecule has 2 rings (SSSR count). The monoisotopic (exact) mass is 265 g/mol. The van der Waals surface area contributed by atoms with Crippen molar-refractivity contribution in [3.63, 3.8) is 0 Å². The first-order valence-electron chi connectivity index (χ1n) is 6.87. The highest BCUT2D eigenvalue weighted by molar-refractivity contribution is 5.11. The van der Waals surface area contributed by atoms with Crippen molar-refractivity contribution in [1.82, 2.24) is 15.3 Å². The number of nitrogens with one attached hydrogen (secondary N) is 1. The van der Waals surface area contributed by atoms with Crippen LogP contribution in [0.3, 0.4) is 0 Å². The zero-order chi connectivity index (χ0) is 13.6. The third-order valence-corrected chi connectivity index (χ3v) is 3.73. The van der Waals surface area contributed by atoms with Crippen LogP contribution in [0.2, 0.25) is 0 Å². The summed E-state index contributed by atoms with van der Waals surface area (Å²) in [5.41, 5.74) is 0.839. The topological polar surface area (TPSA) is 56.3 Å². The number of nitrogens with zero attached hydrogens (tertiary/aromatic N) is 2. The third kappa shape index (κ3) is 3.49. The smallest absolute Gasteiger partial charge is 0.160 e. The largest absolute Gasteiger partial charge is 0.383 e. The average molecular weight is 265 g/mol. The summed E-state index contributed by atoms with van der Waals surface area (Å²) >= 11 is 0. The van der Waals surface area contributed by atoms with Crippen LogP contribution in [0.5, 0.6) is 0 Å². The molecule has 0 atom stereocenters. The highest BCUT2D eigenvalue weighted by Gasteiger charge is 2.38. The summed E-state index contributed by atoms with van der Waals surface area (Å²) in [5.74, 6) is 0.827. The second-order valence-electron chi connectivity index (χ2n) is 4.99. The highest BCUT2D eigenvalue weighted by Crippen LogP contribution is 2.39. The molecule has 0 radical (unpaired) electrons. The number of hydrogen-bond donors (Lipinski definition) is 1. The molecular formula is C14H23N3O2. The maximum absolute atomic E-state index is 5.68. The molecule has 1 aliphatic carbocycles. The summed E-state index contributed by atoms with van der Waals surface area (Å²) in [7, 11) is 3.46. The van der Waals surface area contributed by atoms with Gasteiger partial charge in [0.25, 0.3) is 0 Å². The minimum atomic E-state index is -0.248. The van der Waals surface area contributed by atoms with Crippen LogP contribution in [0.1, 0.15) is 37.1 Å². The van der Waals surface area contributed by atoms with Gasteiger partial charge < -0.3 is 14.8 Å². The Morgan fingerprint density at radius 2 is 1.89 bits per heavy atom. The molecule has 1 aromatic heterocycles. The molecule has 1 N–H and O–H groups in total. The van der Waals surface area contributed by atoms with Gasteiger partial charge in [0.2, 0.25) is 0 Å². The molecule has 1 heterocycles. The van der Waals surface area contributed by atoms with E-state index in [0.29, 0.717) is 6.61 Å². The number of ether oxygens (including phenoxy) is 2. The van der Waals surface area contributed by atoms with Gasteiger partial charge in [-0.2, -0.15) is 0 Å². The molecule has 0 spiro atoms. The SMILES string of the molecule is COCCNCc1cnc(C2(OC)CCCC2)nc1. The Morgan fingerprint density at radius 1 is 1.21 bits per heavy atom. The van der Waals surface area contributed by atoms with Crippen LogP contribution in [0.4, 0.5) is 0 Å². The van der Waals surface area contributed by atoms with Gasteiger partial charge >= 0.3 is 0 Å². The van der Waals surface area contributed by atoms with Gasteiger partial charge in [-0.25, -0.2) is 9.97 Å². The van der Waals surface area contributed by atoms with Crippen molar-refractivity contribution in [3.8, 4) is 0 Å². The van der Waals surface area contributed by atoms with Crippen molar-refractivity contribution in [2.24, 2.45) is 0 Å². The predicted molar refractivity (Wildman–Crippen MR) is 72.8 cm³/mol. The predicted octanol–water partition coefficient (Wildman–Crippen LogP) is 1.63. The zero-order valence-corrected chi connectivity index (χ0v) is 11.8. The van der Waals surface area contributed by atoms with E-state index in [1.807, 2.05) is 12.4 Å². The molecule has 5 heteroatoms. The molecule has 0 unspecified atom stereocenters. The zero-order valence-electron chi connectivity index (χ0n) is 11.8. The molecule has 1 fully saturated rings. The van der Waals surface area contributed by atoms with E-state index in [-0.39, 0.29) is 5.60 Å². The summed E-state index contributed by atoms with van der Waals surface area (Å²) < 4.78 is 10.7. The normalized spacial score (nSPS) is 17.8. The lowest BCUT2D eigenvalue weighted by Crippen LogP contribution is -2.27. The lowest BCUT2D eigenvalue weighted by molar-refractivity contribution is -0.0163. The van der Waals surface area contributed by atoms with Gasteiger partial charge in [-0.1, -0.05) is 0 Å². The fourth-order valence-corrected chi connectivity index (χ4v) is 2.55. The number of hydrogen-bond acceptors (Lipinski definition) is 5. The molecule has 1 aromatic rings. The van der Waals surface area contributed by atoms with E-state index in [1.54, 1.807) is 14.2 Å². The molecule has 0 aliphatic heterocycles. The third-order valence-electron chi connectivity index (χ3n) is 3.73. The molecule has 0 aromatic carbocycles. The Labute approximate surface area is 114 Å². The highest BCUT2D eigenvalue weighted by atomic mass is 16.5. The summed E-state index contributed by atoms with van der Waals surface area (Å²) in [5, 5.41) is 3.28. The van der Waals surface area contributed by atoms with Crippen LogP contribution in [-0.4, -0.2) is 37.3 Å². The Hall–Kier alpha value is -1.04. The number of aromatic nitrogens is 2. The molecular weight excluding hydrogens is 242 g/mol. The van der Waals surface area contributed by atoms with E-state index in [1.165, 1.54) is 12.8 Å². The van der Waals surface area contributed by atoms with Gasteiger partial charge in [0.15, 0.2) is 5.82 Å². The van der Waals surface area contributed by atoms with Crippen molar-refractivity contribution in [2.75, 3.05) is 27.4 Å². The Bertz CT molecular complexity index is 375. The second-order valence-corrected chi connectivity index (χ2v) is 4.99. The van der Waals surface area contributed by atoms with E-state index < -0.39 is 0 Å². The summed E-state index contributed by atoms with van der Waals surface area (Å²) in [6.45, 7) is 2.32. The van der Waals surface area contributed by atoms with Gasteiger partial charge in [0, 0.05) is 45.3 Å². The van der Waals surface area contributed by atoms with Crippen LogP contribution in [0.25, 0.3) is 0 Å². The lowest BCUT2D eigenvalue weighted by atomic mass is 10.0. The maximum Gasteiger partial charge on any atom is 0.160 e. The van der Waals surface area contributed by atoms with Gasteiger partial charge in [0.1, 0.15) is 5.60 Å². The summed E-state index contributed by atoms with van der Waals surface area (Å²) in [4.78, 5) is 8.99. The van der Waals surface area contributed by atoms with Crippen LogP contribution in [0.15, 0.2) is 12.4 Å². The molecule has 0 saturated heterocycles. The molecule has 1 aliphatic rings. The number of methoxy groups -OCH3 is 2. The Kier molecular flexibility index (Phi) is 5.24. The van der Waals surface area contributed by atoms with Crippen molar-refractivity contribution < 1.29 is 9.47 Å². The van der Waals surface area contributed by atoms with Crippen LogP contribution in [0, 0.1) is 0 Å². The van der Waals surface area contributed by atoms with Crippen LogP contribution in [-0.2, 0) is 21.6 Å². The molecule has 0 bridgehead atoms. The summed E-state index contributed by atoms with van der Waals surface area (Å²) in [6.07, 6.45) is 8.21. The first kappa shape index (κ1) is 14.4. The van der Waals surface area contributed by atoms with Crippen molar-refractivity contribution >= 4 is 0 Å². The Balaban J connectivity index is 1.94. The quantitative estimate of drug-likeness (QED) is 0.759. The van der Waals surface area contributed by atoms with E-state index in [9.17, 15) is 0 Å². The average Bonchev–Trinajstić information content (AvgIpc) is 2.94. The van der Waals surface area contributed by atoms with E-state index in [0.717, 1.165) is 37.3 Å². The fraction of sp³-hybridized carbons (Fsp3) is 0.714. The van der Waals surface area contributed by atoms with Crippen LogP contribution < -0.4 is 5.32 Å². The second kappa shape index (κ2) is 6.93. The van der Waals surface area contributed by atoms with E-state index in [2.05, 4.69) is 15.3 Å². The van der Waals surface area contributed by atoms with Gasteiger partial charge in [-0.05, 0) is 25.7 Å². The molecule has 106 valence electrons. The first-order valence-corrected chi connectivity index (χ1v) is 6.87. The van der Waals surface area contributed by atoms with Crippen molar-refractivity contribution in [3.05, 3.63) is 23.8 Å². The van der Waals surface area contributed by atoms with E-state index in [4.69, 9.17) is 9.47 Å². The van der Waals surface area contributed by atoms with Gasteiger partial charge in [-0.3, -0.25) is 0 Å². The van der Waals surface area contributed by atoms with Crippen molar-refractivity contribution in [1.29, 1.82) is 0 Å². The standard InChI is InChI=1S/C14H23N3O2/c1-18-8-7-15-9-12-10-16-13(17-11-12)14(19-2)5-3-4-6-14/h10-11,15H,3-9H2,1-2H3.